The van der Waals surface area contributed by atoms with Gasteiger partial charge in [0.25, 0.3) is 0 Å². The Hall–Kier alpha value is 1.02. The first-order valence-electron chi connectivity index (χ1n) is 3.12. The van der Waals surface area contributed by atoms with Crippen LogP contribution in [-0.4, -0.2) is 24.9 Å². The van der Waals surface area contributed by atoms with Gasteiger partial charge in [0.1, 0.15) is 0 Å². The second-order valence-electron chi connectivity index (χ2n) is 2.24. The van der Waals surface area contributed by atoms with E-state index in [0.29, 0.717) is 12.5 Å². The zero-order chi connectivity index (χ0) is 5.82. The van der Waals surface area contributed by atoms with Gasteiger partial charge in [-0.25, -0.2) is 0 Å². The zero-order valence-electron chi connectivity index (χ0n) is 5.55. The van der Waals surface area contributed by atoms with Crippen LogP contribution >= 0.6 is 0 Å². The van der Waals surface area contributed by atoms with Gasteiger partial charge >= 0.3 is 0 Å². The van der Waals surface area contributed by atoms with E-state index >= 15 is 0 Å². The molecule has 1 radical (unpaired) electrons. The fourth-order valence-corrected chi connectivity index (χ4v) is 0.929. The quantitative estimate of drug-likeness (QED) is 0.671. The van der Waals surface area contributed by atoms with Crippen LogP contribution in [0.5, 0.6) is 0 Å². The van der Waals surface area contributed by atoms with Gasteiger partial charge in [0.2, 0.25) is 0 Å². The number of hydrogen-bond donors (Lipinski definition) is 1. The summed E-state index contributed by atoms with van der Waals surface area (Å²) in [5.41, 5.74) is 0. The summed E-state index contributed by atoms with van der Waals surface area (Å²) in [5.74, 6) is 0.517. The smallest absolute Gasteiger partial charge is 0.0469 e. The van der Waals surface area contributed by atoms with E-state index in [1.165, 1.54) is 0 Å². The van der Waals surface area contributed by atoms with Crippen LogP contribution in [-0.2, 0) is 37.4 Å². The van der Waals surface area contributed by atoms with E-state index in [4.69, 9.17) is 9.84 Å². The van der Waals surface area contributed by atoms with Gasteiger partial charge in [-0.15, -0.1) is 0 Å². The van der Waals surface area contributed by atoms with Crippen molar-refractivity contribution < 1.29 is 42.6 Å². The Kier molecular flexibility index (Phi) is 6.44. The molecule has 1 N–H and O–H groups in total. The Morgan fingerprint density at radius 3 is 2.22 bits per heavy atom. The maximum atomic E-state index is 8.64. The van der Waals surface area contributed by atoms with Crippen molar-refractivity contribution in [2.75, 3.05) is 19.8 Å². The van der Waals surface area contributed by atoms with Crippen molar-refractivity contribution in [1.82, 2.24) is 0 Å². The van der Waals surface area contributed by atoms with Crippen LogP contribution in [0.15, 0.2) is 0 Å². The third-order valence-electron chi connectivity index (χ3n) is 1.60. The van der Waals surface area contributed by atoms with Crippen LogP contribution in [0.25, 0.3) is 0 Å². The first-order chi connectivity index (χ1) is 3.93. The zero-order valence-corrected chi connectivity index (χ0v) is 8.38. The van der Waals surface area contributed by atoms with Crippen molar-refractivity contribution >= 4 is 0 Å². The number of ether oxygens (including phenoxy) is 1. The van der Waals surface area contributed by atoms with Gasteiger partial charge in [0.15, 0.2) is 0 Å². The average molecular weight is 205 g/mol. The van der Waals surface area contributed by atoms with E-state index in [2.05, 4.69) is 0 Å². The molecule has 1 fully saturated rings. The molecule has 0 aliphatic carbocycles. The standard InChI is InChI=1S/C6H12O2.Y/c7-5-6-1-3-8-4-2-6;/h6-7H,1-5H2;. The molecule has 1 aliphatic rings. The summed E-state index contributed by atoms with van der Waals surface area (Å²) >= 11 is 0. The summed E-state index contributed by atoms with van der Waals surface area (Å²) in [6.45, 7) is 2.01. The second kappa shape index (κ2) is 5.78. The molecule has 1 saturated heterocycles. The molecule has 9 heavy (non-hydrogen) atoms. The van der Waals surface area contributed by atoms with Crippen LogP contribution in [0.4, 0.5) is 0 Å². The van der Waals surface area contributed by atoms with Crippen molar-refractivity contribution in [1.29, 1.82) is 0 Å². The van der Waals surface area contributed by atoms with Gasteiger partial charge in [-0.3, -0.25) is 0 Å². The van der Waals surface area contributed by atoms with Crippen LogP contribution in [0.1, 0.15) is 12.8 Å². The van der Waals surface area contributed by atoms with Crippen molar-refractivity contribution in [3.8, 4) is 0 Å². The molecule has 0 aromatic rings. The molecule has 0 aromatic carbocycles. The largest absolute Gasteiger partial charge is 0.396 e. The van der Waals surface area contributed by atoms with Gasteiger partial charge in [0, 0.05) is 52.5 Å². The summed E-state index contributed by atoms with van der Waals surface area (Å²) in [4.78, 5) is 0. The van der Waals surface area contributed by atoms with Gasteiger partial charge < -0.3 is 9.84 Å². The summed E-state index contributed by atoms with van der Waals surface area (Å²) < 4.78 is 5.09. The summed E-state index contributed by atoms with van der Waals surface area (Å²) in [6.07, 6.45) is 2.08. The monoisotopic (exact) mass is 205 g/mol. The molecule has 3 heteroatoms. The molecule has 0 bridgehead atoms. The van der Waals surface area contributed by atoms with Crippen LogP contribution in [0.2, 0.25) is 0 Å². The summed E-state index contributed by atoms with van der Waals surface area (Å²) in [6, 6.07) is 0. The Labute approximate surface area is 80.8 Å². The SMILES string of the molecule is OCC1CCOCC1.[Y]. The summed E-state index contributed by atoms with van der Waals surface area (Å²) in [5, 5.41) is 8.64. The predicted octanol–water partition coefficient (Wildman–Crippen LogP) is 0.403. The molecule has 0 amide bonds. The molecular weight excluding hydrogens is 193 g/mol. The van der Waals surface area contributed by atoms with Crippen molar-refractivity contribution in [2.24, 2.45) is 5.92 Å². The second-order valence-corrected chi connectivity index (χ2v) is 2.24. The number of aliphatic hydroxyl groups is 1. The van der Waals surface area contributed by atoms with Crippen LogP contribution in [0, 0.1) is 5.92 Å². The summed E-state index contributed by atoms with van der Waals surface area (Å²) in [7, 11) is 0. The number of aliphatic hydroxyl groups excluding tert-OH is 1. The minimum atomic E-state index is 0. The van der Waals surface area contributed by atoms with Crippen LogP contribution < -0.4 is 0 Å². The average Bonchev–Trinajstić information content (AvgIpc) is 1.90. The Morgan fingerprint density at radius 2 is 1.89 bits per heavy atom. The molecular formula is C6H12O2Y. The fourth-order valence-electron chi connectivity index (χ4n) is 0.929. The van der Waals surface area contributed by atoms with Crippen LogP contribution in [0.3, 0.4) is 0 Å². The fraction of sp³-hybridized carbons (Fsp3) is 1.00. The molecule has 1 rings (SSSR count). The molecule has 0 atom stereocenters. The van der Waals surface area contributed by atoms with Gasteiger partial charge in [0.05, 0.1) is 0 Å². The third-order valence-corrected chi connectivity index (χ3v) is 1.60. The predicted molar refractivity (Wildman–Crippen MR) is 30.6 cm³/mol. The Balaban J connectivity index is 0.000000640. The van der Waals surface area contributed by atoms with E-state index < -0.39 is 0 Å². The Bertz CT molecular complexity index is 62.1. The van der Waals surface area contributed by atoms with Gasteiger partial charge in [-0.1, -0.05) is 0 Å². The minimum Gasteiger partial charge on any atom is -0.396 e. The van der Waals surface area contributed by atoms with E-state index in [-0.39, 0.29) is 32.7 Å². The molecule has 51 valence electrons. The molecule has 1 heterocycles. The first-order valence-corrected chi connectivity index (χ1v) is 3.12. The maximum Gasteiger partial charge on any atom is 0.0469 e. The van der Waals surface area contributed by atoms with Gasteiger partial charge in [-0.2, -0.15) is 0 Å². The maximum absolute atomic E-state index is 8.64. The van der Waals surface area contributed by atoms with E-state index in [1.54, 1.807) is 0 Å². The number of hydrogen-bond acceptors (Lipinski definition) is 2. The van der Waals surface area contributed by atoms with Crippen molar-refractivity contribution in [3.63, 3.8) is 0 Å². The van der Waals surface area contributed by atoms with E-state index in [0.717, 1.165) is 26.1 Å². The van der Waals surface area contributed by atoms with E-state index in [9.17, 15) is 0 Å². The Morgan fingerprint density at radius 1 is 1.33 bits per heavy atom. The molecule has 0 aromatic heterocycles. The molecule has 0 saturated carbocycles. The number of rotatable bonds is 1. The van der Waals surface area contributed by atoms with E-state index in [1.807, 2.05) is 0 Å². The molecule has 0 unspecified atom stereocenters. The van der Waals surface area contributed by atoms with Crippen molar-refractivity contribution in [3.05, 3.63) is 0 Å². The molecule has 2 nitrogen and oxygen atoms in total. The minimum absolute atomic E-state index is 0. The normalized spacial score (nSPS) is 21.0. The molecule has 1 aliphatic heterocycles. The topological polar surface area (TPSA) is 29.5 Å². The molecule has 0 spiro atoms. The first kappa shape index (κ1) is 10.0. The third kappa shape index (κ3) is 3.66. The van der Waals surface area contributed by atoms with Gasteiger partial charge in [-0.05, 0) is 18.8 Å². The van der Waals surface area contributed by atoms with Crippen molar-refractivity contribution in [2.45, 2.75) is 12.8 Å².